The number of rotatable bonds is 9. The average molecular weight is 271 g/mol. The van der Waals surface area contributed by atoms with Crippen LogP contribution < -0.4 is 0 Å². The van der Waals surface area contributed by atoms with Crippen molar-refractivity contribution in [3.05, 3.63) is 0 Å². The molecule has 0 bridgehead atoms. The Labute approximate surface area is 117 Å². The molecule has 0 aromatic rings. The molecular weight excluding hydrogens is 242 g/mol. The number of carbonyl (C=O) groups excluding carboxylic acids is 1. The van der Waals surface area contributed by atoms with Gasteiger partial charge in [0.2, 0.25) is 0 Å². The number of likely N-dealkylation sites (tertiary alicyclic amines) is 1. The number of unbranched alkanes of at least 4 members (excludes halogenated alkanes) is 2. The van der Waals surface area contributed by atoms with Gasteiger partial charge in [-0.25, -0.2) is 0 Å². The lowest BCUT2D eigenvalue weighted by molar-refractivity contribution is -0.143. The highest BCUT2D eigenvalue weighted by Crippen LogP contribution is 2.19. The summed E-state index contributed by atoms with van der Waals surface area (Å²) in [6.07, 6.45) is 7.21. The highest BCUT2D eigenvalue weighted by molar-refractivity contribution is 5.69. The molecule has 0 aliphatic carbocycles. The largest absolute Gasteiger partial charge is 0.466 e. The van der Waals surface area contributed by atoms with E-state index in [9.17, 15) is 4.79 Å². The Morgan fingerprint density at radius 2 is 2.21 bits per heavy atom. The van der Waals surface area contributed by atoms with E-state index in [1.54, 1.807) is 0 Å². The molecule has 0 spiro atoms. The number of esters is 1. The van der Waals surface area contributed by atoms with Crippen LogP contribution >= 0.6 is 0 Å². The summed E-state index contributed by atoms with van der Waals surface area (Å²) in [5.74, 6) is 0.613. The van der Waals surface area contributed by atoms with Crippen molar-refractivity contribution in [3.8, 4) is 0 Å². The Morgan fingerprint density at radius 3 is 2.95 bits per heavy atom. The van der Waals surface area contributed by atoms with Gasteiger partial charge in [0.15, 0.2) is 0 Å². The third-order valence-electron chi connectivity index (χ3n) is 3.80. The van der Waals surface area contributed by atoms with Crippen molar-refractivity contribution >= 4 is 5.97 Å². The van der Waals surface area contributed by atoms with Crippen LogP contribution in [-0.2, 0) is 9.53 Å². The molecule has 1 aliphatic heterocycles. The second-order valence-corrected chi connectivity index (χ2v) is 5.44. The van der Waals surface area contributed by atoms with E-state index < -0.39 is 0 Å². The molecule has 1 rings (SSSR count). The molecule has 0 aromatic carbocycles. The predicted molar refractivity (Wildman–Crippen MR) is 76.0 cm³/mol. The van der Waals surface area contributed by atoms with Crippen molar-refractivity contribution in [2.24, 2.45) is 5.92 Å². The minimum Gasteiger partial charge on any atom is -0.466 e. The van der Waals surface area contributed by atoms with Crippen LogP contribution in [0.1, 0.15) is 51.9 Å². The molecule has 0 amide bonds. The zero-order valence-corrected chi connectivity index (χ0v) is 12.3. The van der Waals surface area contributed by atoms with Crippen LogP contribution in [0.4, 0.5) is 0 Å². The number of ether oxygens (including phenoxy) is 1. The molecule has 4 nitrogen and oxygen atoms in total. The average Bonchev–Trinajstić information content (AvgIpc) is 2.39. The fraction of sp³-hybridized carbons (Fsp3) is 0.933. The van der Waals surface area contributed by atoms with Gasteiger partial charge in [-0.3, -0.25) is 4.79 Å². The molecule has 0 radical (unpaired) electrons. The highest BCUT2D eigenvalue weighted by Gasteiger charge is 2.18. The molecule has 1 fully saturated rings. The molecule has 0 saturated carbocycles. The van der Waals surface area contributed by atoms with Gasteiger partial charge in [-0.05, 0) is 58.0 Å². The standard InChI is InChI=1S/C15H29NO3/c1-2-19-15(18)8-4-3-5-10-16-11-6-7-14(13-16)9-12-17/h14,17H,2-13H2,1H3. The maximum absolute atomic E-state index is 11.2. The number of hydrogen-bond donors (Lipinski definition) is 1. The number of piperidine rings is 1. The smallest absolute Gasteiger partial charge is 0.305 e. The molecule has 1 atom stereocenters. The molecular formula is C15H29NO3. The number of hydrogen-bond acceptors (Lipinski definition) is 4. The van der Waals surface area contributed by atoms with Crippen LogP contribution in [0.3, 0.4) is 0 Å². The summed E-state index contributed by atoms with van der Waals surface area (Å²) in [4.78, 5) is 13.7. The second kappa shape index (κ2) is 10.2. The van der Waals surface area contributed by atoms with Crippen LogP contribution in [0, 0.1) is 5.92 Å². The number of aliphatic hydroxyl groups is 1. The van der Waals surface area contributed by atoms with Crippen molar-refractivity contribution < 1.29 is 14.6 Å². The van der Waals surface area contributed by atoms with E-state index in [0.29, 0.717) is 25.6 Å². The van der Waals surface area contributed by atoms with Crippen molar-refractivity contribution in [3.63, 3.8) is 0 Å². The molecule has 4 heteroatoms. The Hall–Kier alpha value is -0.610. The molecule has 1 saturated heterocycles. The van der Waals surface area contributed by atoms with Gasteiger partial charge in [0.25, 0.3) is 0 Å². The molecule has 1 unspecified atom stereocenters. The van der Waals surface area contributed by atoms with Crippen LogP contribution in [0.5, 0.6) is 0 Å². The quantitative estimate of drug-likeness (QED) is 0.516. The zero-order chi connectivity index (χ0) is 13.9. The summed E-state index contributed by atoms with van der Waals surface area (Å²) in [5, 5.41) is 8.98. The van der Waals surface area contributed by atoms with Gasteiger partial charge in [0, 0.05) is 19.6 Å². The Kier molecular flexibility index (Phi) is 8.84. The lowest BCUT2D eigenvalue weighted by Crippen LogP contribution is -2.36. The van der Waals surface area contributed by atoms with Crippen LogP contribution in [0.15, 0.2) is 0 Å². The summed E-state index contributed by atoms with van der Waals surface area (Å²) >= 11 is 0. The van der Waals surface area contributed by atoms with Gasteiger partial charge >= 0.3 is 5.97 Å². The van der Waals surface area contributed by atoms with Gasteiger partial charge in [-0.1, -0.05) is 6.42 Å². The second-order valence-electron chi connectivity index (χ2n) is 5.44. The Balaban J connectivity index is 2.01. The fourth-order valence-electron chi connectivity index (χ4n) is 2.79. The molecule has 1 aliphatic rings. The van der Waals surface area contributed by atoms with E-state index in [-0.39, 0.29) is 5.97 Å². The van der Waals surface area contributed by atoms with E-state index in [4.69, 9.17) is 9.84 Å². The SMILES string of the molecule is CCOC(=O)CCCCCN1CCCC(CCO)C1. The topological polar surface area (TPSA) is 49.8 Å². The van der Waals surface area contributed by atoms with Crippen LogP contribution in [0.2, 0.25) is 0 Å². The number of carbonyl (C=O) groups is 1. The molecule has 1 N–H and O–H groups in total. The minimum absolute atomic E-state index is 0.0662. The molecule has 19 heavy (non-hydrogen) atoms. The summed E-state index contributed by atoms with van der Waals surface area (Å²) in [6, 6.07) is 0. The third kappa shape index (κ3) is 7.53. The number of aliphatic hydroxyl groups excluding tert-OH is 1. The normalized spacial score (nSPS) is 20.4. The van der Waals surface area contributed by atoms with Gasteiger partial charge in [0.1, 0.15) is 0 Å². The molecule has 1 heterocycles. The summed E-state index contributed by atoms with van der Waals surface area (Å²) in [5.41, 5.74) is 0. The van der Waals surface area contributed by atoms with Crippen LogP contribution in [-0.4, -0.2) is 48.8 Å². The van der Waals surface area contributed by atoms with E-state index in [1.807, 2.05) is 6.92 Å². The first-order valence-corrected chi connectivity index (χ1v) is 7.75. The van der Waals surface area contributed by atoms with Crippen molar-refractivity contribution in [1.82, 2.24) is 4.90 Å². The van der Waals surface area contributed by atoms with E-state index >= 15 is 0 Å². The lowest BCUT2D eigenvalue weighted by Gasteiger charge is -2.32. The van der Waals surface area contributed by atoms with Gasteiger partial charge < -0.3 is 14.7 Å². The van der Waals surface area contributed by atoms with Crippen molar-refractivity contribution in [2.75, 3.05) is 32.8 Å². The van der Waals surface area contributed by atoms with E-state index in [1.165, 1.54) is 19.4 Å². The van der Waals surface area contributed by atoms with Crippen LogP contribution in [0.25, 0.3) is 0 Å². The van der Waals surface area contributed by atoms with Gasteiger partial charge in [-0.2, -0.15) is 0 Å². The Bertz CT molecular complexity index is 244. The van der Waals surface area contributed by atoms with Crippen molar-refractivity contribution in [2.45, 2.75) is 51.9 Å². The lowest BCUT2D eigenvalue weighted by atomic mass is 9.95. The van der Waals surface area contributed by atoms with Crippen molar-refractivity contribution in [1.29, 1.82) is 0 Å². The van der Waals surface area contributed by atoms with E-state index in [0.717, 1.165) is 38.8 Å². The van der Waals surface area contributed by atoms with Gasteiger partial charge in [-0.15, -0.1) is 0 Å². The minimum atomic E-state index is -0.0662. The zero-order valence-electron chi connectivity index (χ0n) is 12.3. The van der Waals surface area contributed by atoms with E-state index in [2.05, 4.69) is 4.90 Å². The molecule has 112 valence electrons. The Morgan fingerprint density at radius 1 is 1.37 bits per heavy atom. The summed E-state index contributed by atoms with van der Waals surface area (Å²) in [7, 11) is 0. The first-order valence-electron chi connectivity index (χ1n) is 7.75. The maximum atomic E-state index is 11.2. The highest BCUT2D eigenvalue weighted by atomic mass is 16.5. The first kappa shape index (κ1) is 16.4. The maximum Gasteiger partial charge on any atom is 0.305 e. The van der Waals surface area contributed by atoms with Gasteiger partial charge in [0.05, 0.1) is 6.61 Å². The fourth-order valence-corrected chi connectivity index (χ4v) is 2.79. The summed E-state index contributed by atoms with van der Waals surface area (Å²) in [6.45, 7) is 6.11. The monoisotopic (exact) mass is 271 g/mol. The molecule has 0 aromatic heterocycles. The summed E-state index contributed by atoms with van der Waals surface area (Å²) < 4.78 is 4.91. The first-order chi connectivity index (χ1) is 9.26. The third-order valence-corrected chi connectivity index (χ3v) is 3.80. The predicted octanol–water partition coefficient (Wildman–Crippen LogP) is 2.20. The number of nitrogens with zero attached hydrogens (tertiary/aromatic N) is 1.